The third kappa shape index (κ3) is 3.98. The molecule has 1 amide bonds. The van der Waals surface area contributed by atoms with Gasteiger partial charge < -0.3 is 21.3 Å². The number of amides is 1. The van der Waals surface area contributed by atoms with Crippen molar-refractivity contribution >= 4 is 21.7 Å². The van der Waals surface area contributed by atoms with Gasteiger partial charge in [0.1, 0.15) is 10.6 Å². The Hall–Kier alpha value is -3.14. The molecular formula is C14H14N4O5S. The number of ether oxygens (including phenoxy) is 1. The first-order chi connectivity index (χ1) is 11.2. The third-order valence-corrected chi connectivity index (χ3v) is 3.91. The van der Waals surface area contributed by atoms with Crippen molar-refractivity contribution in [2.24, 2.45) is 16.5 Å². The highest BCUT2D eigenvalue weighted by atomic mass is 32.2. The second-order valence-electron chi connectivity index (χ2n) is 4.70. The van der Waals surface area contributed by atoms with Gasteiger partial charge >= 0.3 is 0 Å². The van der Waals surface area contributed by atoms with Crippen LogP contribution in [0, 0.1) is 0 Å². The Balaban J connectivity index is 2.51. The summed E-state index contributed by atoms with van der Waals surface area (Å²) in [7, 11) is -3.74. The lowest BCUT2D eigenvalue weighted by atomic mass is 10.2. The van der Waals surface area contributed by atoms with E-state index in [2.05, 4.69) is 9.98 Å². The Bertz CT molecular complexity index is 921. The summed E-state index contributed by atoms with van der Waals surface area (Å²) in [6, 6.07) is 6.57. The monoisotopic (exact) mass is 350 g/mol. The highest BCUT2D eigenvalue weighted by molar-refractivity contribution is 7.90. The van der Waals surface area contributed by atoms with Crippen LogP contribution in [0.4, 0.5) is 0 Å². The molecule has 0 fully saturated rings. The normalized spacial score (nSPS) is 10.9. The number of benzene rings is 1. The zero-order valence-corrected chi connectivity index (χ0v) is 13.3. The molecular weight excluding hydrogens is 336 g/mol. The zero-order chi connectivity index (χ0) is 17.9. The van der Waals surface area contributed by atoms with E-state index in [1.54, 1.807) is 0 Å². The van der Waals surface area contributed by atoms with Gasteiger partial charge in [0, 0.05) is 18.0 Å². The SMILES string of the molecule is CS(=O)(=O)c1cc(C(=O)N=C(N)N)ccc1Oc1cccnc1O. The predicted octanol–water partition coefficient (Wildman–Crippen LogP) is 0.397. The molecule has 0 aliphatic heterocycles. The first-order valence-electron chi connectivity index (χ1n) is 6.48. The third-order valence-electron chi connectivity index (χ3n) is 2.79. The Morgan fingerprint density at radius 2 is 1.96 bits per heavy atom. The second kappa shape index (κ2) is 6.54. The summed E-state index contributed by atoms with van der Waals surface area (Å²) in [5.74, 6) is -1.76. The van der Waals surface area contributed by atoms with Crippen molar-refractivity contribution in [1.82, 2.24) is 4.98 Å². The molecule has 0 atom stereocenters. The fourth-order valence-electron chi connectivity index (χ4n) is 1.78. The average Bonchev–Trinajstić information content (AvgIpc) is 2.48. The number of hydrogen-bond acceptors (Lipinski definition) is 6. The minimum Gasteiger partial charge on any atom is -0.491 e. The summed E-state index contributed by atoms with van der Waals surface area (Å²) in [6.45, 7) is 0. The van der Waals surface area contributed by atoms with Gasteiger partial charge in [0.05, 0.1) is 0 Å². The minimum atomic E-state index is -3.74. The molecule has 0 aliphatic carbocycles. The van der Waals surface area contributed by atoms with E-state index in [1.807, 2.05) is 0 Å². The lowest BCUT2D eigenvalue weighted by Crippen LogP contribution is -2.24. The molecule has 0 saturated carbocycles. The fraction of sp³-hybridized carbons (Fsp3) is 0.0714. The van der Waals surface area contributed by atoms with Crippen molar-refractivity contribution in [1.29, 1.82) is 0 Å². The number of pyridine rings is 1. The second-order valence-corrected chi connectivity index (χ2v) is 6.69. The summed E-state index contributed by atoms with van der Waals surface area (Å²) >= 11 is 0. The van der Waals surface area contributed by atoms with Gasteiger partial charge in [-0.15, -0.1) is 0 Å². The van der Waals surface area contributed by atoms with Gasteiger partial charge in [0.25, 0.3) is 11.8 Å². The molecule has 126 valence electrons. The lowest BCUT2D eigenvalue weighted by Gasteiger charge is -2.11. The van der Waals surface area contributed by atoms with Crippen LogP contribution in [0.1, 0.15) is 10.4 Å². The van der Waals surface area contributed by atoms with E-state index in [4.69, 9.17) is 16.2 Å². The van der Waals surface area contributed by atoms with Crippen molar-refractivity contribution in [3.05, 3.63) is 42.1 Å². The fourth-order valence-corrected chi connectivity index (χ4v) is 2.59. The number of aromatic nitrogens is 1. The number of aliphatic imine (C=N–C) groups is 1. The molecule has 0 spiro atoms. The molecule has 10 heteroatoms. The van der Waals surface area contributed by atoms with E-state index in [9.17, 15) is 18.3 Å². The first-order valence-corrected chi connectivity index (χ1v) is 8.37. The number of hydrogen-bond donors (Lipinski definition) is 3. The average molecular weight is 350 g/mol. The van der Waals surface area contributed by atoms with E-state index >= 15 is 0 Å². The van der Waals surface area contributed by atoms with Crippen molar-refractivity contribution in [3.8, 4) is 17.4 Å². The van der Waals surface area contributed by atoms with Crippen LogP contribution in [0.3, 0.4) is 0 Å². The zero-order valence-electron chi connectivity index (χ0n) is 12.5. The quantitative estimate of drug-likeness (QED) is 0.528. The molecule has 0 aliphatic rings. The highest BCUT2D eigenvalue weighted by Crippen LogP contribution is 2.33. The number of rotatable bonds is 4. The molecule has 0 bridgehead atoms. The van der Waals surface area contributed by atoms with Crippen LogP contribution in [0.2, 0.25) is 0 Å². The Morgan fingerprint density at radius 3 is 2.54 bits per heavy atom. The van der Waals surface area contributed by atoms with E-state index in [1.165, 1.54) is 30.5 Å². The summed E-state index contributed by atoms with van der Waals surface area (Å²) in [5.41, 5.74) is 10.2. The molecule has 0 saturated heterocycles. The number of guanidine groups is 1. The molecule has 0 radical (unpaired) electrons. The summed E-state index contributed by atoms with van der Waals surface area (Å²) in [6.07, 6.45) is 2.30. The van der Waals surface area contributed by atoms with Gasteiger partial charge in [-0.05, 0) is 30.3 Å². The molecule has 0 unspecified atom stereocenters. The molecule has 5 N–H and O–H groups in total. The number of aromatic hydroxyl groups is 1. The van der Waals surface area contributed by atoms with Gasteiger partial charge in [-0.25, -0.2) is 13.4 Å². The topological polar surface area (TPSA) is 158 Å². The highest BCUT2D eigenvalue weighted by Gasteiger charge is 2.19. The van der Waals surface area contributed by atoms with Crippen LogP contribution in [0.25, 0.3) is 0 Å². The number of carbonyl (C=O) groups is 1. The smallest absolute Gasteiger partial charge is 0.280 e. The summed E-state index contributed by atoms with van der Waals surface area (Å²) in [4.78, 5) is 18.5. The molecule has 1 aromatic heterocycles. The van der Waals surface area contributed by atoms with Gasteiger partial charge in [0.2, 0.25) is 0 Å². The number of nitrogens with two attached hydrogens (primary N) is 2. The van der Waals surface area contributed by atoms with E-state index in [0.717, 1.165) is 12.3 Å². The first kappa shape index (κ1) is 17.2. The van der Waals surface area contributed by atoms with Crippen molar-refractivity contribution in [3.63, 3.8) is 0 Å². The van der Waals surface area contributed by atoms with Gasteiger partial charge in [-0.1, -0.05) is 0 Å². The van der Waals surface area contributed by atoms with Crippen LogP contribution in [0.5, 0.6) is 17.4 Å². The van der Waals surface area contributed by atoms with Crippen molar-refractivity contribution in [2.75, 3.05) is 6.26 Å². The van der Waals surface area contributed by atoms with Gasteiger partial charge in [0.15, 0.2) is 21.5 Å². The molecule has 24 heavy (non-hydrogen) atoms. The van der Waals surface area contributed by atoms with Crippen LogP contribution in [-0.4, -0.2) is 36.6 Å². The van der Waals surface area contributed by atoms with Crippen LogP contribution < -0.4 is 16.2 Å². The lowest BCUT2D eigenvalue weighted by molar-refractivity contribution is 0.100. The minimum absolute atomic E-state index is 0.0356. The van der Waals surface area contributed by atoms with E-state index in [0.29, 0.717) is 0 Å². The molecule has 2 rings (SSSR count). The van der Waals surface area contributed by atoms with Crippen LogP contribution >= 0.6 is 0 Å². The number of sulfone groups is 1. The van der Waals surface area contributed by atoms with Gasteiger partial charge in [-0.3, -0.25) is 4.79 Å². The standard InChI is InChI=1S/C14H14N4O5S/c1-24(21,22)11-7-8(12(19)18-14(15)16)4-5-9(11)23-10-3-2-6-17-13(10)20/h2-7H,1H3,(H,17,20)(H4,15,16,18,19). The number of nitrogens with zero attached hydrogens (tertiary/aromatic N) is 2. The molecule has 2 aromatic rings. The molecule has 1 heterocycles. The molecule has 1 aromatic carbocycles. The predicted molar refractivity (Wildman–Crippen MR) is 85.7 cm³/mol. The van der Waals surface area contributed by atoms with E-state index < -0.39 is 27.6 Å². The van der Waals surface area contributed by atoms with Crippen LogP contribution in [-0.2, 0) is 9.84 Å². The maximum Gasteiger partial charge on any atom is 0.280 e. The van der Waals surface area contributed by atoms with Gasteiger partial charge in [-0.2, -0.15) is 4.99 Å². The van der Waals surface area contributed by atoms with Crippen LogP contribution in [0.15, 0.2) is 46.4 Å². The number of carbonyl (C=O) groups excluding carboxylic acids is 1. The molecule has 9 nitrogen and oxygen atoms in total. The van der Waals surface area contributed by atoms with Crippen molar-refractivity contribution in [2.45, 2.75) is 4.90 Å². The Kier molecular flexibility index (Phi) is 4.69. The van der Waals surface area contributed by atoms with E-state index in [-0.39, 0.29) is 22.0 Å². The largest absolute Gasteiger partial charge is 0.491 e. The summed E-state index contributed by atoms with van der Waals surface area (Å²) in [5, 5.41) is 9.62. The Morgan fingerprint density at radius 1 is 1.25 bits per heavy atom. The maximum atomic E-state index is 12.0. The summed E-state index contributed by atoms with van der Waals surface area (Å²) < 4.78 is 29.3. The van der Waals surface area contributed by atoms with Crippen molar-refractivity contribution < 1.29 is 23.1 Å². The maximum absolute atomic E-state index is 12.0. The Labute approximate surface area is 137 Å².